The van der Waals surface area contributed by atoms with Crippen LogP contribution in [0.25, 0.3) is 5.69 Å². The first-order valence-electron chi connectivity index (χ1n) is 9.66. The Morgan fingerprint density at radius 3 is 2.45 bits per heavy atom. The number of carbonyl (C=O) groups is 1. The van der Waals surface area contributed by atoms with Crippen molar-refractivity contribution in [1.29, 1.82) is 0 Å². The highest BCUT2D eigenvalue weighted by Crippen LogP contribution is 2.19. The average Bonchev–Trinajstić information content (AvgIpc) is 3.31. The maximum Gasteiger partial charge on any atom is 0.295 e. The molecule has 0 atom stereocenters. The fraction of sp³-hybridized carbons (Fsp3) is 0.182. The van der Waals surface area contributed by atoms with Gasteiger partial charge in [-0.25, -0.2) is 4.68 Å². The number of nitrogens with zero attached hydrogens (tertiary/aromatic N) is 4. The second-order valence-corrected chi connectivity index (χ2v) is 7.82. The van der Waals surface area contributed by atoms with Crippen molar-refractivity contribution in [3.63, 3.8) is 0 Å². The summed E-state index contributed by atoms with van der Waals surface area (Å²) in [5.74, 6) is 0.212. The summed E-state index contributed by atoms with van der Waals surface area (Å²) < 4.78 is 8.84. The number of amides is 1. The second-order valence-electron chi connectivity index (χ2n) is 6.90. The van der Waals surface area contributed by atoms with Gasteiger partial charge >= 0.3 is 0 Å². The first kappa shape index (κ1) is 20.7. The Labute approximate surface area is 182 Å². The van der Waals surface area contributed by atoms with Crippen LogP contribution >= 0.6 is 11.8 Å². The van der Waals surface area contributed by atoms with Crippen LogP contribution in [-0.4, -0.2) is 31.2 Å². The van der Waals surface area contributed by atoms with Gasteiger partial charge in [0.2, 0.25) is 11.8 Å². The minimum absolute atomic E-state index is 0.0477. The fourth-order valence-corrected chi connectivity index (χ4v) is 3.73. The predicted molar refractivity (Wildman–Crippen MR) is 119 cm³/mol. The third-order valence-corrected chi connectivity index (χ3v) is 5.61. The molecule has 2 aromatic carbocycles. The fourth-order valence-electron chi connectivity index (χ4n) is 3.15. The lowest BCUT2D eigenvalue weighted by atomic mass is 10.2. The van der Waals surface area contributed by atoms with E-state index in [2.05, 4.69) is 15.5 Å². The molecule has 2 aromatic heterocycles. The standard InChI is InChI=1S/C22H21N5O3S/c1-15-20(21(29)27(26(15)2)17-11-7-4-8-12-17)23-18(28)14-31-22-25-24-19(30-22)13-16-9-5-3-6-10-16/h3-12H,13-14H2,1-2H3,(H,23,28). The molecule has 0 aliphatic carbocycles. The van der Waals surface area contributed by atoms with Crippen molar-refractivity contribution < 1.29 is 9.21 Å². The van der Waals surface area contributed by atoms with Gasteiger partial charge in [0, 0.05) is 7.05 Å². The third-order valence-electron chi connectivity index (χ3n) is 4.79. The molecule has 0 unspecified atom stereocenters. The number of carbonyl (C=O) groups excluding carboxylic acids is 1. The van der Waals surface area contributed by atoms with E-state index >= 15 is 0 Å². The van der Waals surface area contributed by atoms with E-state index in [0.717, 1.165) is 23.0 Å². The van der Waals surface area contributed by atoms with E-state index in [9.17, 15) is 9.59 Å². The number of anilines is 1. The number of aromatic nitrogens is 4. The molecule has 0 bridgehead atoms. The topological polar surface area (TPSA) is 95.0 Å². The third kappa shape index (κ3) is 4.61. The molecule has 0 radical (unpaired) electrons. The van der Waals surface area contributed by atoms with Gasteiger partial charge in [0.1, 0.15) is 5.69 Å². The maximum atomic E-state index is 12.9. The predicted octanol–water partition coefficient (Wildman–Crippen LogP) is 3.19. The molecule has 1 amide bonds. The summed E-state index contributed by atoms with van der Waals surface area (Å²) in [6, 6.07) is 19.1. The number of nitrogens with one attached hydrogen (secondary N) is 1. The highest BCUT2D eigenvalue weighted by molar-refractivity contribution is 7.99. The summed E-state index contributed by atoms with van der Waals surface area (Å²) in [5, 5.41) is 11.0. The Morgan fingerprint density at radius 2 is 1.74 bits per heavy atom. The van der Waals surface area contributed by atoms with Crippen molar-refractivity contribution in [3.05, 3.63) is 88.2 Å². The number of hydrogen-bond acceptors (Lipinski definition) is 6. The minimum atomic E-state index is -0.321. The number of rotatable bonds is 7. The Balaban J connectivity index is 1.40. The highest BCUT2D eigenvalue weighted by Gasteiger charge is 2.18. The van der Waals surface area contributed by atoms with Crippen molar-refractivity contribution in [2.45, 2.75) is 18.6 Å². The molecule has 0 aliphatic rings. The molecule has 2 heterocycles. The van der Waals surface area contributed by atoms with Gasteiger partial charge in [0.25, 0.3) is 10.8 Å². The molecule has 158 valence electrons. The summed E-state index contributed by atoms with van der Waals surface area (Å²) in [5.41, 5.74) is 2.43. The average molecular weight is 436 g/mol. The van der Waals surface area contributed by atoms with Gasteiger partial charge in [-0.3, -0.25) is 14.3 Å². The van der Waals surface area contributed by atoms with Crippen molar-refractivity contribution in [2.75, 3.05) is 11.1 Å². The van der Waals surface area contributed by atoms with Gasteiger partial charge in [-0.15, -0.1) is 10.2 Å². The maximum absolute atomic E-state index is 12.9. The van der Waals surface area contributed by atoms with Crippen LogP contribution < -0.4 is 10.9 Å². The molecule has 9 heteroatoms. The van der Waals surface area contributed by atoms with Crippen molar-refractivity contribution in [2.24, 2.45) is 7.05 Å². The Hall–Kier alpha value is -3.59. The van der Waals surface area contributed by atoms with E-state index in [1.54, 1.807) is 18.7 Å². The molecule has 4 aromatic rings. The summed E-state index contributed by atoms with van der Waals surface area (Å²) in [7, 11) is 1.78. The number of para-hydroxylation sites is 1. The molecule has 0 saturated carbocycles. The number of hydrogen-bond donors (Lipinski definition) is 1. The molecule has 0 spiro atoms. The normalized spacial score (nSPS) is 10.9. The molecule has 1 N–H and O–H groups in total. The quantitative estimate of drug-likeness (QED) is 0.448. The van der Waals surface area contributed by atoms with Gasteiger partial charge < -0.3 is 9.73 Å². The summed E-state index contributed by atoms with van der Waals surface area (Å²) in [4.78, 5) is 25.3. The SMILES string of the molecule is Cc1c(NC(=O)CSc2nnc(Cc3ccccc3)o2)c(=O)n(-c2ccccc2)n1C. The zero-order valence-electron chi connectivity index (χ0n) is 17.1. The van der Waals surface area contributed by atoms with Crippen LogP contribution in [0.1, 0.15) is 17.1 Å². The van der Waals surface area contributed by atoms with Crippen LogP contribution in [-0.2, 0) is 18.3 Å². The molecule has 4 rings (SSSR count). The Morgan fingerprint density at radius 1 is 1.06 bits per heavy atom. The zero-order chi connectivity index (χ0) is 21.8. The first-order valence-corrected chi connectivity index (χ1v) is 10.6. The van der Waals surface area contributed by atoms with Gasteiger partial charge in [-0.05, 0) is 24.6 Å². The Kier molecular flexibility index (Phi) is 6.03. The number of benzene rings is 2. The van der Waals surface area contributed by atoms with E-state index < -0.39 is 0 Å². The highest BCUT2D eigenvalue weighted by atomic mass is 32.2. The summed E-state index contributed by atoms with van der Waals surface area (Å²) >= 11 is 1.13. The molecule has 0 fully saturated rings. The molecular weight excluding hydrogens is 414 g/mol. The van der Waals surface area contributed by atoms with Crippen LogP contribution in [0.15, 0.2) is 75.1 Å². The van der Waals surface area contributed by atoms with Crippen molar-refractivity contribution in [3.8, 4) is 5.69 Å². The molecule has 0 saturated heterocycles. The van der Waals surface area contributed by atoms with E-state index in [-0.39, 0.29) is 22.9 Å². The monoisotopic (exact) mass is 435 g/mol. The molecule has 0 aliphatic heterocycles. The number of thioether (sulfide) groups is 1. The van der Waals surface area contributed by atoms with Crippen LogP contribution in [0.3, 0.4) is 0 Å². The largest absolute Gasteiger partial charge is 0.416 e. The van der Waals surface area contributed by atoms with Gasteiger partial charge in [-0.1, -0.05) is 60.3 Å². The van der Waals surface area contributed by atoms with E-state index in [1.807, 2.05) is 60.7 Å². The Bertz CT molecular complexity index is 1250. The van der Waals surface area contributed by atoms with Crippen LogP contribution in [0.4, 0.5) is 5.69 Å². The second kappa shape index (κ2) is 9.05. The molecule has 31 heavy (non-hydrogen) atoms. The van der Waals surface area contributed by atoms with Crippen molar-refractivity contribution >= 4 is 23.4 Å². The smallest absolute Gasteiger partial charge is 0.295 e. The molecular formula is C22H21N5O3S. The van der Waals surface area contributed by atoms with Crippen molar-refractivity contribution in [1.82, 2.24) is 19.6 Å². The van der Waals surface area contributed by atoms with E-state index in [4.69, 9.17) is 4.42 Å². The van der Waals surface area contributed by atoms with Gasteiger partial charge in [0.15, 0.2) is 0 Å². The van der Waals surface area contributed by atoms with E-state index in [1.165, 1.54) is 4.68 Å². The van der Waals surface area contributed by atoms with Crippen LogP contribution in [0.5, 0.6) is 0 Å². The lowest BCUT2D eigenvalue weighted by Crippen LogP contribution is -2.23. The minimum Gasteiger partial charge on any atom is -0.416 e. The summed E-state index contributed by atoms with van der Waals surface area (Å²) in [6.45, 7) is 1.79. The van der Waals surface area contributed by atoms with Gasteiger partial charge in [-0.2, -0.15) is 0 Å². The first-order chi connectivity index (χ1) is 15.0. The van der Waals surface area contributed by atoms with Crippen LogP contribution in [0.2, 0.25) is 0 Å². The lowest BCUT2D eigenvalue weighted by Gasteiger charge is -2.07. The summed E-state index contributed by atoms with van der Waals surface area (Å²) in [6.07, 6.45) is 0.531. The molecule has 8 nitrogen and oxygen atoms in total. The van der Waals surface area contributed by atoms with Crippen LogP contribution in [0, 0.1) is 6.92 Å². The zero-order valence-corrected chi connectivity index (χ0v) is 17.9. The lowest BCUT2D eigenvalue weighted by molar-refractivity contribution is -0.113. The van der Waals surface area contributed by atoms with E-state index in [0.29, 0.717) is 23.2 Å². The van der Waals surface area contributed by atoms with Gasteiger partial charge in [0.05, 0.1) is 23.6 Å².